The normalized spacial score (nSPS) is 30.7. The minimum absolute atomic E-state index is 0.00400. The van der Waals surface area contributed by atoms with Crippen LogP contribution in [0, 0.1) is 29.5 Å². The van der Waals surface area contributed by atoms with Gasteiger partial charge in [-0.2, -0.15) is 0 Å². The second kappa shape index (κ2) is 6.83. The molecule has 0 aromatic heterocycles. The Labute approximate surface area is 152 Å². The van der Waals surface area contributed by atoms with E-state index >= 15 is 0 Å². The Kier molecular flexibility index (Phi) is 4.53. The third-order valence-corrected chi connectivity index (χ3v) is 6.03. The van der Waals surface area contributed by atoms with Crippen molar-refractivity contribution in [3.8, 4) is 0 Å². The maximum atomic E-state index is 13.0. The minimum Gasteiger partial charge on any atom is -0.481 e. The summed E-state index contributed by atoms with van der Waals surface area (Å²) in [6.45, 7) is 3.46. The summed E-state index contributed by atoms with van der Waals surface area (Å²) in [6, 6.07) is 6.49. The maximum Gasteiger partial charge on any atom is 0.307 e. The lowest BCUT2D eigenvalue weighted by Gasteiger charge is -2.37. The summed E-state index contributed by atoms with van der Waals surface area (Å²) in [5, 5.41) is 9.54. The lowest BCUT2D eigenvalue weighted by molar-refractivity contribution is -0.151. The second-order valence-corrected chi connectivity index (χ2v) is 7.57. The third-order valence-electron chi connectivity index (χ3n) is 6.03. The highest BCUT2D eigenvalue weighted by Crippen LogP contribution is 2.48. The van der Waals surface area contributed by atoms with Gasteiger partial charge in [0.25, 0.3) is 0 Å². The molecule has 0 spiro atoms. The predicted molar refractivity (Wildman–Crippen MR) is 93.6 cm³/mol. The van der Waals surface area contributed by atoms with Crippen molar-refractivity contribution in [3.05, 3.63) is 47.8 Å². The molecule has 1 amide bonds. The van der Waals surface area contributed by atoms with E-state index in [-0.39, 0.29) is 23.6 Å². The molecule has 1 aromatic carbocycles. The zero-order valence-corrected chi connectivity index (χ0v) is 14.6. The summed E-state index contributed by atoms with van der Waals surface area (Å²) in [5.74, 6) is -2.00. The fourth-order valence-electron chi connectivity index (χ4n) is 4.68. The van der Waals surface area contributed by atoms with Crippen LogP contribution in [0.5, 0.6) is 0 Å². The Morgan fingerprint density at radius 2 is 1.62 bits per heavy atom. The van der Waals surface area contributed by atoms with Crippen LogP contribution >= 0.6 is 0 Å². The Morgan fingerprint density at radius 1 is 1.00 bits per heavy atom. The maximum absolute atomic E-state index is 13.0. The smallest absolute Gasteiger partial charge is 0.307 e. The number of carboxylic acids is 1. The summed E-state index contributed by atoms with van der Waals surface area (Å²) in [5.41, 5.74) is 1.05. The van der Waals surface area contributed by atoms with Crippen LogP contribution in [0.15, 0.2) is 36.4 Å². The molecule has 0 radical (unpaired) electrons. The van der Waals surface area contributed by atoms with E-state index in [1.165, 1.54) is 12.1 Å². The lowest BCUT2D eigenvalue weighted by Crippen LogP contribution is -2.52. The topological polar surface area (TPSA) is 60.9 Å². The van der Waals surface area contributed by atoms with E-state index in [1.54, 1.807) is 12.1 Å². The Bertz CT molecular complexity index is 725. The predicted octanol–water partition coefficient (Wildman–Crippen LogP) is 1.99. The van der Waals surface area contributed by atoms with Crippen molar-refractivity contribution in [2.45, 2.75) is 13.0 Å². The van der Waals surface area contributed by atoms with Gasteiger partial charge in [-0.25, -0.2) is 4.39 Å². The molecule has 1 aromatic rings. The van der Waals surface area contributed by atoms with Gasteiger partial charge in [-0.1, -0.05) is 24.3 Å². The number of aliphatic carboxylic acids is 1. The van der Waals surface area contributed by atoms with Crippen molar-refractivity contribution < 1.29 is 19.1 Å². The van der Waals surface area contributed by atoms with Crippen molar-refractivity contribution >= 4 is 11.9 Å². The van der Waals surface area contributed by atoms with Crippen LogP contribution in [0.3, 0.4) is 0 Å². The van der Waals surface area contributed by atoms with Gasteiger partial charge in [0.2, 0.25) is 5.91 Å². The Morgan fingerprint density at radius 3 is 2.23 bits per heavy atom. The highest BCUT2D eigenvalue weighted by molar-refractivity contribution is 5.87. The number of hydrogen-bond acceptors (Lipinski definition) is 3. The van der Waals surface area contributed by atoms with Crippen LogP contribution in [0.2, 0.25) is 0 Å². The standard InChI is InChI=1S/C20H23FN2O3/c21-16-5-1-13(2-6-16)12-22-7-9-23(10-8-22)19(24)17-14-3-4-15(11-14)18(17)20(25)26/h1-6,14-15,17-18H,7-12H2,(H,25,26)/t14-,15-,17-,18-/m0/s1. The third kappa shape index (κ3) is 3.14. The van der Waals surface area contributed by atoms with Crippen molar-refractivity contribution in [2.75, 3.05) is 26.2 Å². The molecule has 6 heteroatoms. The van der Waals surface area contributed by atoms with Crippen molar-refractivity contribution in [2.24, 2.45) is 23.7 Å². The van der Waals surface area contributed by atoms with Crippen molar-refractivity contribution in [1.82, 2.24) is 9.80 Å². The zero-order chi connectivity index (χ0) is 18.3. The number of carbonyl (C=O) groups excluding carboxylic acids is 1. The van der Waals surface area contributed by atoms with Crippen LogP contribution in [0.25, 0.3) is 0 Å². The van der Waals surface area contributed by atoms with Crippen LogP contribution in [-0.4, -0.2) is 53.0 Å². The summed E-state index contributed by atoms with van der Waals surface area (Å²) < 4.78 is 13.0. The minimum atomic E-state index is -0.852. The molecular formula is C20H23FN2O3. The summed E-state index contributed by atoms with van der Waals surface area (Å²) in [6.07, 6.45) is 4.78. The first-order chi connectivity index (χ1) is 12.5. The molecule has 1 saturated carbocycles. The van der Waals surface area contributed by atoms with E-state index in [4.69, 9.17) is 0 Å². The van der Waals surface area contributed by atoms with E-state index in [1.807, 2.05) is 17.1 Å². The summed E-state index contributed by atoms with van der Waals surface area (Å²) in [7, 11) is 0. The molecule has 26 heavy (non-hydrogen) atoms. The van der Waals surface area contributed by atoms with Gasteiger partial charge in [-0.05, 0) is 36.0 Å². The summed E-state index contributed by atoms with van der Waals surface area (Å²) >= 11 is 0. The zero-order valence-electron chi connectivity index (χ0n) is 14.6. The van der Waals surface area contributed by atoms with Crippen LogP contribution < -0.4 is 0 Å². The highest BCUT2D eigenvalue weighted by Gasteiger charge is 2.52. The SMILES string of the molecule is O=C(O)[C@@H]1[C@@H](C(=O)N2CCN(Cc3ccc(F)cc3)CC2)[C@H]2C=C[C@H]1C2. The number of allylic oxidation sites excluding steroid dienone is 2. The number of amides is 1. The first-order valence-electron chi connectivity index (χ1n) is 9.19. The molecule has 1 N–H and O–H groups in total. The number of piperazine rings is 1. The quantitative estimate of drug-likeness (QED) is 0.837. The monoisotopic (exact) mass is 358 g/mol. The van der Waals surface area contributed by atoms with Gasteiger partial charge in [0.05, 0.1) is 11.8 Å². The molecule has 1 heterocycles. The van der Waals surface area contributed by atoms with E-state index in [0.29, 0.717) is 13.1 Å². The number of hydrogen-bond donors (Lipinski definition) is 1. The average Bonchev–Trinajstić information content (AvgIpc) is 3.25. The van der Waals surface area contributed by atoms with Crippen LogP contribution in [0.4, 0.5) is 4.39 Å². The molecule has 1 aliphatic heterocycles. The van der Waals surface area contributed by atoms with Crippen molar-refractivity contribution in [3.63, 3.8) is 0 Å². The number of benzene rings is 1. The number of carbonyl (C=O) groups is 2. The van der Waals surface area contributed by atoms with Gasteiger partial charge < -0.3 is 10.0 Å². The van der Waals surface area contributed by atoms with Crippen molar-refractivity contribution in [1.29, 1.82) is 0 Å². The van der Waals surface area contributed by atoms with Gasteiger partial charge in [0, 0.05) is 32.7 Å². The summed E-state index contributed by atoms with van der Waals surface area (Å²) in [4.78, 5) is 28.7. The Balaban J connectivity index is 1.36. The van der Waals surface area contributed by atoms with Crippen LogP contribution in [-0.2, 0) is 16.1 Å². The molecule has 138 valence electrons. The number of fused-ring (bicyclic) bond motifs is 2. The molecule has 4 rings (SSSR count). The molecule has 5 nitrogen and oxygen atoms in total. The molecule has 4 atom stereocenters. The number of nitrogens with zero attached hydrogens (tertiary/aromatic N) is 2. The molecular weight excluding hydrogens is 335 g/mol. The van der Waals surface area contributed by atoms with Gasteiger partial charge in [-0.3, -0.25) is 14.5 Å². The second-order valence-electron chi connectivity index (χ2n) is 7.57. The van der Waals surface area contributed by atoms with Gasteiger partial charge in [0.15, 0.2) is 0 Å². The fraction of sp³-hybridized carbons (Fsp3) is 0.500. The lowest BCUT2D eigenvalue weighted by atomic mass is 9.82. The molecule has 0 unspecified atom stereocenters. The number of carboxylic acid groups (broad SMARTS) is 1. The van der Waals surface area contributed by atoms with Gasteiger partial charge in [-0.15, -0.1) is 0 Å². The molecule has 2 bridgehead atoms. The van der Waals surface area contributed by atoms with Gasteiger partial charge in [0.1, 0.15) is 5.82 Å². The largest absolute Gasteiger partial charge is 0.481 e. The first-order valence-corrected chi connectivity index (χ1v) is 9.19. The number of rotatable bonds is 4. The molecule has 3 aliphatic rings. The molecule has 2 fully saturated rings. The molecule has 2 aliphatic carbocycles. The number of halogens is 1. The fourth-order valence-corrected chi connectivity index (χ4v) is 4.68. The molecule has 1 saturated heterocycles. The highest BCUT2D eigenvalue weighted by atomic mass is 19.1. The van der Waals surface area contributed by atoms with Gasteiger partial charge >= 0.3 is 5.97 Å². The first kappa shape index (κ1) is 17.2. The average molecular weight is 358 g/mol. The van der Waals surface area contributed by atoms with E-state index in [9.17, 15) is 19.1 Å². The Hall–Kier alpha value is -2.21. The van der Waals surface area contributed by atoms with E-state index in [2.05, 4.69) is 4.90 Å². The van der Waals surface area contributed by atoms with E-state index < -0.39 is 17.8 Å². The van der Waals surface area contributed by atoms with E-state index in [0.717, 1.165) is 31.6 Å². The van der Waals surface area contributed by atoms with Crippen LogP contribution in [0.1, 0.15) is 12.0 Å².